The van der Waals surface area contributed by atoms with Crippen molar-refractivity contribution in [3.63, 3.8) is 0 Å². The number of thioether (sulfide) groups is 2. The first kappa shape index (κ1) is 70.0. The minimum Gasteiger partial charge on any atom is -0.461 e. The molecule has 73 heavy (non-hydrogen) atoms. The number of hydrogen-bond acceptors (Lipinski definition) is 4. The summed E-state index contributed by atoms with van der Waals surface area (Å²) in [4.78, 5) is 11.5. The summed E-state index contributed by atoms with van der Waals surface area (Å²) in [6.45, 7) is -0.0899. The van der Waals surface area contributed by atoms with Gasteiger partial charge < -0.3 is 4.74 Å². The van der Waals surface area contributed by atoms with Gasteiger partial charge in [-0.05, 0) is 6.92 Å². The highest BCUT2D eigenvalue weighted by molar-refractivity contribution is 8.04. The molecule has 0 heterocycles. The van der Waals surface area contributed by atoms with Crippen molar-refractivity contribution in [2.24, 2.45) is 0 Å². The lowest BCUT2D eigenvalue weighted by Gasteiger charge is -2.44. The summed E-state index contributed by atoms with van der Waals surface area (Å²) in [7, 11) is 0. The summed E-state index contributed by atoms with van der Waals surface area (Å²) in [6, 6.07) is 0. The Kier molecular flexibility index (Phi) is 17.8. The van der Waals surface area contributed by atoms with Crippen LogP contribution in [0.3, 0.4) is 0 Å². The zero-order valence-electron chi connectivity index (χ0n) is 32.2. The fourth-order valence-electron chi connectivity index (χ4n) is 4.07. The van der Waals surface area contributed by atoms with Gasteiger partial charge >= 0.3 is 124 Å². The van der Waals surface area contributed by atoms with Gasteiger partial charge in [-0.1, -0.05) is 30.1 Å². The Hall–Kier alpha value is -3.03. The molecular formula is C27H10F42O2S2. The summed E-state index contributed by atoms with van der Waals surface area (Å²) in [5.41, 5.74) is -1.26. The van der Waals surface area contributed by atoms with E-state index in [0.29, 0.717) is 6.92 Å². The van der Waals surface area contributed by atoms with Gasteiger partial charge in [0.15, 0.2) is 0 Å². The number of rotatable bonds is 24. The predicted molar refractivity (Wildman–Crippen MR) is 151 cm³/mol. The second-order valence-corrected chi connectivity index (χ2v) is 16.2. The van der Waals surface area contributed by atoms with E-state index in [9.17, 15) is 189 Å². The molecule has 436 valence electrons. The Morgan fingerprint density at radius 3 is 0.740 bits per heavy atom. The fraction of sp³-hybridized carbons (Fsp3) is 0.889. The molecule has 46 heteroatoms. The van der Waals surface area contributed by atoms with Crippen molar-refractivity contribution in [1.82, 2.24) is 0 Å². The molecule has 0 aromatic rings. The second-order valence-electron chi connectivity index (χ2n) is 13.6. The number of halogens is 42. The van der Waals surface area contributed by atoms with E-state index in [1.165, 1.54) is 0 Å². The molecule has 1 atom stereocenters. The molecule has 0 radical (unpaired) electrons. The topological polar surface area (TPSA) is 26.3 Å². The van der Waals surface area contributed by atoms with Gasteiger partial charge in [0, 0.05) is 11.3 Å². The van der Waals surface area contributed by atoms with Crippen LogP contribution in [0.2, 0.25) is 0 Å². The number of alkyl halides is 42. The van der Waals surface area contributed by atoms with E-state index in [1.807, 2.05) is 0 Å². The molecule has 0 rings (SSSR count). The smallest absolute Gasteiger partial charge is 0.460 e. The molecule has 0 aromatic carbocycles. The zero-order valence-corrected chi connectivity index (χ0v) is 33.8. The Morgan fingerprint density at radius 2 is 0.534 bits per heavy atom. The average Bonchev–Trinajstić information content (AvgIpc) is 3.16. The van der Waals surface area contributed by atoms with E-state index in [2.05, 4.69) is 11.3 Å². The summed E-state index contributed by atoms with van der Waals surface area (Å²) < 4.78 is 579. The quantitative estimate of drug-likeness (QED) is 0.0547. The maximum Gasteiger partial charge on any atom is 0.460 e. The van der Waals surface area contributed by atoms with Crippen molar-refractivity contribution in [1.29, 1.82) is 0 Å². The maximum absolute atomic E-state index is 14.7. The van der Waals surface area contributed by atoms with Crippen LogP contribution in [0.5, 0.6) is 0 Å². The van der Waals surface area contributed by atoms with Crippen molar-refractivity contribution in [3.05, 3.63) is 12.2 Å². The molecule has 0 amide bonds. The van der Waals surface area contributed by atoms with Gasteiger partial charge in [-0.3, -0.25) is 0 Å². The van der Waals surface area contributed by atoms with E-state index in [4.69, 9.17) is 0 Å². The van der Waals surface area contributed by atoms with Crippen LogP contribution in [0.1, 0.15) is 6.92 Å². The first-order valence-corrected chi connectivity index (χ1v) is 17.9. The number of esters is 1. The summed E-state index contributed by atoms with van der Waals surface area (Å²) >= 11 is -6.39. The first-order chi connectivity index (χ1) is 30.9. The second kappa shape index (κ2) is 18.6. The fourth-order valence-corrected chi connectivity index (χ4v) is 6.18. The van der Waals surface area contributed by atoms with Crippen LogP contribution in [-0.2, 0) is 9.53 Å². The molecule has 0 saturated heterocycles. The lowest BCUT2D eigenvalue weighted by molar-refractivity contribution is -0.472. The molecule has 0 aliphatic heterocycles. The van der Waals surface area contributed by atoms with Crippen LogP contribution in [-0.4, -0.2) is 141 Å². The number of carbonyl (C=O) groups excluding carboxylic acids is 1. The van der Waals surface area contributed by atoms with Crippen LogP contribution in [0.25, 0.3) is 0 Å². The third-order valence-corrected chi connectivity index (χ3v) is 11.1. The van der Waals surface area contributed by atoms with Crippen LogP contribution < -0.4 is 0 Å². The first-order valence-electron chi connectivity index (χ1n) is 16.0. The Morgan fingerprint density at radius 1 is 0.342 bits per heavy atom. The number of hydrogen-bond donors (Lipinski definition) is 0. The van der Waals surface area contributed by atoms with Gasteiger partial charge in [0.2, 0.25) is 0 Å². The molecule has 0 bridgehead atoms. The zero-order chi connectivity index (χ0) is 60.3. The largest absolute Gasteiger partial charge is 0.461 e. The molecule has 2 nitrogen and oxygen atoms in total. The Balaban J connectivity index is 7.66. The van der Waals surface area contributed by atoms with Gasteiger partial charge in [-0.25, -0.2) is 4.79 Å². The molecule has 0 N–H and O–H groups in total. The van der Waals surface area contributed by atoms with Gasteiger partial charge in [0.25, 0.3) is 0 Å². The molecular weight excluding hydrogens is 1220 g/mol. The van der Waals surface area contributed by atoms with Crippen molar-refractivity contribution in [2.45, 2.75) is 130 Å². The monoisotopic (exact) mass is 1230 g/mol. The lowest BCUT2D eigenvalue weighted by atomic mass is 9.87. The van der Waals surface area contributed by atoms with Gasteiger partial charge in [-0.15, -0.1) is 0 Å². The molecule has 0 aromatic heterocycles. The molecule has 0 aliphatic rings. The normalized spacial score (nSPS) is 17.0. The van der Waals surface area contributed by atoms with E-state index >= 15 is 0 Å². The van der Waals surface area contributed by atoms with Crippen molar-refractivity contribution in [2.75, 3.05) is 12.4 Å². The van der Waals surface area contributed by atoms with E-state index < -0.39 is 170 Å². The highest BCUT2D eigenvalue weighted by Crippen LogP contribution is 2.70. The van der Waals surface area contributed by atoms with Crippen LogP contribution in [0.4, 0.5) is 184 Å². The van der Waals surface area contributed by atoms with E-state index in [1.54, 1.807) is 0 Å². The van der Waals surface area contributed by atoms with Gasteiger partial charge in [-0.2, -0.15) is 184 Å². The van der Waals surface area contributed by atoms with E-state index in [-0.39, 0.29) is 0 Å². The SMILES string of the molecule is C=C(C)C(=O)OCC(CSC(F)(F)C(F)(F)C(F)(F)C(F)(F)C(F)(F)C(F)(F)C(F)(F)C(F)(F)C(F)(F)C(F)(F)F)SC(F)(F)C(F)(F)C(F)(F)C(F)(F)C(F)(F)C(F)(F)C(F)(F)C(F)(F)C(F)(F)C(F)(F)F. The minimum atomic E-state index is -9.83. The summed E-state index contributed by atoms with van der Waals surface area (Å²) in [6.07, 6.45) is -16.8. The van der Waals surface area contributed by atoms with Crippen LogP contribution in [0.15, 0.2) is 12.2 Å². The third-order valence-electron chi connectivity index (χ3n) is 8.48. The minimum absolute atomic E-state index is 0.319. The molecule has 0 spiro atoms. The predicted octanol–water partition coefficient (Wildman–Crippen LogP) is 15.4. The number of carbonyl (C=O) groups is 1. The molecule has 0 saturated carbocycles. The summed E-state index contributed by atoms with van der Waals surface area (Å²) in [5.74, 6) is -157. The van der Waals surface area contributed by atoms with Gasteiger partial charge in [0.05, 0.1) is 5.25 Å². The van der Waals surface area contributed by atoms with E-state index in [0.717, 1.165) is 0 Å². The van der Waals surface area contributed by atoms with Crippen molar-refractivity contribution >= 4 is 29.5 Å². The van der Waals surface area contributed by atoms with Crippen molar-refractivity contribution < 1.29 is 194 Å². The Bertz CT molecular complexity index is 1990. The standard InChI is InChI=1S/C27H10F42O2S2/c1-5(2)7(70)71-3-6(73-27(68,69)23(58,59)19(50,51)15(42,43)11(34,35)9(30,31)13(38,39)17(46,47)21(54,55)25(63,64)65)4-72-26(66,67)22(56,57)18(48,49)14(40,41)10(32,33)8(28,29)12(36,37)16(44,45)20(52,53)24(60,61)62/h6H,1,3-4H2,2H3. The van der Waals surface area contributed by atoms with Crippen molar-refractivity contribution in [3.8, 4) is 0 Å². The molecule has 0 aliphatic carbocycles. The molecule has 0 fully saturated rings. The average molecular weight is 1230 g/mol. The lowest BCUT2D eigenvalue weighted by Crippen LogP contribution is -2.76. The summed E-state index contributed by atoms with van der Waals surface area (Å²) in [5, 5.41) is -20.5. The highest BCUT2D eigenvalue weighted by Gasteiger charge is 3.00. The molecule has 1 unspecified atom stereocenters. The Labute approximate surface area is 378 Å². The third kappa shape index (κ3) is 9.66. The van der Waals surface area contributed by atoms with Crippen LogP contribution in [0, 0.1) is 0 Å². The highest BCUT2D eigenvalue weighted by atomic mass is 32.2. The maximum atomic E-state index is 14.7. The number of ether oxygens (including phenoxy) is 1. The van der Waals surface area contributed by atoms with Gasteiger partial charge in [0.1, 0.15) is 6.61 Å². The van der Waals surface area contributed by atoms with Crippen LogP contribution >= 0.6 is 23.5 Å².